The number of aromatic nitrogens is 4. The maximum absolute atomic E-state index is 5.77. The lowest BCUT2D eigenvalue weighted by Crippen LogP contribution is -2.06. The highest BCUT2D eigenvalue weighted by atomic mass is 32.1. The van der Waals surface area contributed by atoms with Gasteiger partial charge in [0.15, 0.2) is 5.82 Å². The van der Waals surface area contributed by atoms with Gasteiger partial charge in [-0.15, -0.1) is 10.2 Å². The average molecular weight is 225 g/mol. The summed E-state index contributed by atoms with van der Waals surface area (Å²) in [6.07, 6.45) is 0.892. The first-order chi connectivity index (χ1) is 7.08. The summed E-state index contributed by atoms with van der Waals surface area (Å²) in [4.78, 5) is 0.831. The molecule has 2 N–H and O–H groups in total. The zero-order chi connectivity index (χ0) is 11.0. The second-order valence-corrected chi connectivity index (χ2v) is 5.13. The summed E-state index contributed by atoms with van der Waals surface area (Å²) < 4.78 is 1.81. The lowest BCUT2D eigenvalue weighted by Gasteiger charge is -2.00. The van der Waals surface area contributed by atoms with Crippen molar-refractivity contribution >= 4 is 16.3 Å². The molecular weight excluding hydrogens is 210 g/mol. The Morgan fingerprint density at radius 3 is 2.67 bits per heavy atom. The SMILES string of the molecule is CC(C)Cc1nnc2sc(C(C)N)nn12. The molecule has 2 rings (SSSR count). The van der Waals surface area contributed by atoms with Gasteiger partial charge in [-0.1, -0.05) is 25.2 Å². The van der Waals surface area contributed by atoms with E-state index in [1.54, 1.807) is 0 Å². The summed E-state index contributed by atoms with van der Waals surface area (Å²) in [6, 6.07) is -0.0383. The Morgan fingerprint density at radius 1 is 1.33 bits per heavy atom. The zero-order valence-electron chi connectivity index (χ0n) is 9.14. The van der Waals surface area contributed by atoms with Crippen LogP contribution in [0.2, 0.25) is 0 Å². The van der Waals surface area contributed by atoms with E-state index in [-0.39, 0.29) is 6.04 Å². The summed E-state index contributed by atoms with van der Waals surface area (Å²) >= 11 is 1.51. The summed E-state index contributed by atoms with van der Waals surface area (Å²) in [5, 5.41) is 13.5. The molecule has 15 heavy (non-hydrogen) atoms. The number of nitrogens with zero attached hydrogens (tertiary/aromatic N) is 4. The first kappa shape index (κ1) is 10.5. The van der Waals surface area contributed by atoms with Crippen molar-refractivity contribution in [2.75, 3.05) is 0 Å². The van der Waals surface area contributed by atoms with Gasteiger partial charge in [0.25, 0.3) is 0 Å². The summed E-state index contributed by atoms with van der Waals surface area (Å²) in [7, 11) is 0. The molecule has 1 unspecified atom stereocenters. The molecule has 0 saturated carbocycles. The Labute approximate surface area is 92.3 Å². The van der Waals surface area contributed by atoms with Crippen LogP contribution in [-0.2, 0) is 6.42 Å². The van der Waals surface area contributed by atoms with Gasteiger partial charge >= 0.3 is 0 Å². The molecule has 1 atom stereocenters. The normalized spacial score (nSPS) is 13.9. The Kier molecular flexibility index (Phi) is 2.70. The average Bonchev–Trinajstić information content (AvgIpc) is 2.66. The van der Waals surface area contributed by atoms with Crippen molar-refractivity contribution < 1.29 is 0 Å². The number of nitrogens with two attached hydrogens (primary N) is 1. The van der Waals surface area contributed by atoms with Crippen LogP contribution in [0, 0.1) is 5.92 Å². The van der Waals surface area contributed by atoms with Crippen LogP contribution in [-0.4, -0.2) is 19.8 Å². The molecule has 82 valence electrons. The minimum Gasteiger partial charge on any atom is -0.322 e. The van der Waals surface area contributed by atoms with E-state index in [1.807, 2.05) is 11.4 Å². The van der Waals surface area contributed by atoms with Gasteiger partial charge in [0, 0.05) is 6.42 Å². The molecule has 0 bridgehead atoms. The van der Waals surface area contributed by atoms with Gasteiger partial charge in [0.1, 0.15) is 5.01 Å². The van der Waals surface area contributed by atoms with Crippen LogP contribution in [0.1, 0.15) is 37.6 Å². The van der Waals surface area contributed by atoms with E-state index in [1.165, 1.54) is 11.3 Å². The molecule has 5 nitrogen and oxygen atoms in total. The standard InChI is InChI=1S/C9H15N5S/c1-5(2)4-7-11-12-9-14(7)13-8(15-9)6(3)10/h5-6H,4,10H2,1-3H3. The fourth-order valence-corrected chi connectivity index (χ4v) is 2.16. The molecule has 0 amide bonds. The lowest BCUT2D eigenvalue weighted by atomic mass is 10.1. The Balaban J connectivity index is 2.40. The Bertz CT molecular complexity index is 456. The Morgan fingerprint density at radius 2 is 2.07 bits per heavy atom. The van der Waals surface area contributed by atoms with Crippen molar-refractivity contribution in [3.05, 3.63) is 10.8 Å². The van der Waals surface area contributed by atoms with Crippen molar-refractivity contribution in [2.24, 2.45) is 11.7 Å². The van der Waals surface area contributed by atoms with Crippen LogP contribution in [0.25, 0.3) is 4.96 Å². The highest BCUT2D eigenvalue weighted by Gasteiger charge is 2.14. The molecule has 2 aromatic heterocycles. The molecule has 0 aliphatic heterocycles. The first-order valence-corrected chi connectivity index (χ1v) is 5.86. The molecule has 0 radical (unpaired) electrons. The number of hydrogen-bond donors (Lipinski definition) is 1. The third kappa shape index (κ3) is 2.00. The smallest absolute Gasteiger partial charge is 0.234 e. The topological polar surface area (TPSA) is 69.1 Å². The van der Waals surface area contributed by atoms with Gasteiger partial charge in [0.05, 0.1) is 6.04 Å². The van der Waals surface area contributed by atoms with Crippen molar-refractivity contribution in [1.82, 2.24) is 19.8 Å². The molecule has 2 heterocycles. The third-order valence-electron chi connectivity index (χ3n) is 2.05. The van der Waals surface area contributed by atoms with E-state index in [4.69, 9.17) is 5.73 Å². The van der Waals surface area contributed by atoms with E-state index in [9.17, 15) is 0 Å². The summed E-state index contributed by atoms with van der Waals surface area (Å²) in [5.74, 6) is 1.47. The maximum Gasteiger partial charge on any atom is 0.234 e. The predicted molar refractivity (Wildman–Crippen MR) is 59.8 cm³/mol. The fourth-order valence-electron chi connectivity index (χ4n) is 1.35. The van der Waals surface area contributed by atoms with Crippen molar-refractivity contribution in [1.29, 1.82) is 0 Å². The molecule has 0 saturated heterocycles. The van der Waals surface area contributed by atoms with E-state index in [0.717, 1.165) is 22.2 Å². The van der Waals surface area contributed by atoms with E-state index >= 15 is 0 Å². The van der Waals surface area contributed by atoms with Gasteiger partial charge in [-0.25, -0.2) is 0 Å². The van der Waals surface area contributed by atoms with Crippen molar-refractivity contribution in [2.45, 2.75) is 33.2 Å². The minimum absolute atomic E-state index is 0.0383. The summed E-state index contributed by atoms with van der Waals surface area (Å²) in [5.41, 5.74) is 5.77. The highest BCUT2D eigenvalue weighted by Crippen LogP contribution is 2.19. The molecule has 0 aromatic carbocycles. The van der Waals surface area contributed by atoms with Crippen LogP contribution in [0.3, 0.4) is 0 Å². The predicted octanol–water partition coefficient (Wildman–Crippen LogP) is 1.40. The van der Waals surface area contributed by atoms with Gasteiger partial charge < -0.3 is 5.73 Å². The summed E-state index contributed by atoms with van der Waals surface area (Å²) in [6.45, 7) is 6.23. The lowest BCUT2D eigenvalue weighted by molar-refractivity contribution is 0.603. The van der Waals surface area contributed by atoms with E-state index < -0.39 is 0 Å². The number of hydrogen-bond acceptors (Lipinski definition) is 5. The number of rotatable bonds is 3. The van der Waals surface area contributed by atoms with E-state index in [2.05, 4.69) is 29.1 Å². The molecular formula is C9H15N5S. The van der Waals surface area contributed by atoms with Crippen molar-refractivity contribution in [3.63, 3.8) is 0 Å². The zero-order valence-corrected chi connectivity index (χ0v) is 9.95. The monoisotopic (exact) mass is 225 g/mol. The van der Waals surface area contributed by atoms with Crippen LogP contribution in [0.4, 0.5) is 0 Å². The quantitative estimate of drug-likeness (QED) is 0.857. The number of fused-ring (bicyclic) bond motifs is 1. The highest BCUT2D eigenvalue weighted by molar-refractivity contribution is 7.16. The molecule has 6 heteroatoms. The Hall–Kier alpha value is -1.01. The molecule has 0 aliphatic carbocycles. The molecule has 0 aliphatic rings. The third-order valence-corrected chi connectivity index (χ3v) is 3.15. The molecule has 0 fully saturated rings. The van der Waals surface area contributed by atoms with Crippen LogP contribution in [0.15, 0.2) is 0 Å². The fraction of sp³-hybridized carbons (Fsp3) is 0.667. The van der Waals surface area contributed by atoms with E-state index in [0.29, 0.717) is 5.92 Å². The maximum atomic E-state index is 5.77. The van der Waals surface area contributed by atoms with Gasteiger partial charge in [-0.3, -0.25) is 0 Å². The second-order valence-electron chi connectivity index (χ2n) is 4.14. The van der Waals surface area contributed by atoms with Crippen LogP contribution in [0.5, 0.6) is 0 Å². The van der Waals surface area contributed by atoms with Gasteiger partial charge in [-0.2, -0.15) is 9.61 Å². The second kappa shape index (κ2) is 3.86. The van der Waals surface area contributed by atoms with Crippen LogP contribution >= 0.6 is 11.3 Å². The molecule has 2 aromatic rings. The van der Waals surface area contributed by atoms with Crippen molar-refractivity contribution in [3.8, 4) is 0 Å². The largest absolute Gasteiger partial charge is 0.322 e. The van der Waals surface area contributed by atoms with Gasteiger partial charge in [-0.05, 0) is 12.8 Å². The minimum atomic E-state index is -0.0383. The van der Waals surface area contributed by atoms with Gasteiger partial charge in [0.2, 0.25) is 4.96 Å². The molecule has 0 spiro atoms. The first-order valence-electron chi connectivity index (χ1n) is 5.04. The van der Waals surface area contributed by atoms with Crippen LogP contribution < -0.4 is 5.73 Å².